The van der Waals surface area contributed by atoms with Gasteiger partial charge in [0, 0.05) is 31.9 Å². The van der Waals surface area contributed by atoms with Crippen molar-refractivity contribution in [2.24, 2.45) is 0 Å². The molecule has 0 saturated carbocycles. The lowest BCUT2D eigenvalue weighted by atomic mass is 10.1. The van der Waals surface area contributed by atoms with E-state index in [1.54, 1.807) is 12.4 Å². The highest BCUT2D eigenvalue weighted by Gasteiger charge is 2.22. The predicted molar refractivity (Wildman–Crippen MR) is 89.2 cm³/mol. The summed E-state index contributed by atoms with van der Waals surface area (Å²) in [4.78, 5) is 6.30. The standard InChI is InChI=1S/C16H18N4S/c21-16(19-14-7-4-8-17-11-14)20-10-9-18-15(12-20)13-5-2-1-3-6-13/h1-8,11,15,18H,9-10,12H2,(H,19,21). The van der Waals surface area contributed by atoms with Crippen LogP contribution in [0, 0.1) is 0 Å². The lowest BCUT2D eigenvalue weighted by molar-refractivity contribution is 0.298. The van der Waals surface area contributed by atoms with E-state index in [2.05, 4.69) is 44.8 Å². The average molecular weight is 298 g/mol. The first-order chi connectivity index (χ1) is 10.3. The van der Waals surface area contributed by atoms with Gasteiger partial charge in [0.15, 0.2) is 5.11 Å². The fourth-order valence-electron chi connectivity index (χ4n) is 2.48. The van der Waals surface area contributed by atoms with Crippen molar-refractivity contribution in [2.75, 3.05) is 25.0 Å². The molecule has 108 valence electrons. The maximum atomic E-state index is 5.52. The highest BCUT2D eigenvalue weighted by atomic mass is 32.1. The monoisotopic (exact) mass is 298 g/mol. The zero-order valence-corrected chi connectivity index (χ0v) is 12.5. The molecular formula is C16H18N4S. The van der Waals surface area contributed by atoms with Crippen molar-refractivity contribution in [1.82, 2.24) is 15.2 Å². The van der Waals surface area contributed by atoms with Crippen LogP contribution in [0.3, 0.4) is 0 Å². The summed E-state index contributed by atoms with van der Waals surface area (Å²) in [6.45, 7) is 2.71. The summed E-state index contributed by atoms with van der Waals surface area (Å²) in [6.07, 6.45) is 3.54. The Bertz CT molecular complexity index is 588. The van der Waals surface area contributed by atoms with E-state index in [1.807, 2.05) is 18.2 Å². The Morgan fingerprint density at radius 2 is 2.10 bits per heavy atom. The summed E-state index contributed by atoms with van der Waals surface area (Å²) in [7, 11) is 0. The van der Waals surface area contributed by atoms with Crippen molar-refractivity contribution >= 4 is 23.0 Å². The van der Waals surface area contributed by atoms with Gasteiger partial charge in [0.2, 0.25) is 0 Å². The Morgan fingerprint density at radius 3 is 2.86 bits per heavy atom. The number of hydrogen-bond donors (Lipinski definition) is 2. The minimum Gasteiger partial charge on any atom is -0.346 e. The fourth-order valence-corrected chi connectivity index (χ4v) is 2.77. The van der Waals surface area contributed by atoms with E-state index in [9.17, 15) is 0 Å². The topological polar surface area (TPSA) is 40.2 Å². The molecule has 3 rings (SSSR count). The number of pyridine rings is 1. The van der Waals surface area contributed by atoms with Crippen LogP contribution in [0.5, 0.6) is 0 Å². The van der Waals surface area contributed by atoms with Crippen molar-refractivity contribution in [2.45, 2.75) is 6.04 Å². The van der Waals surface area contributed by atoms with Crippen LogP contribution in [0.2, 0.25) is 0 Å². The molecule has 4 nitrogen and oxygen atoms in total. The SMILES string of the molecule is S=C(Nc1cccnc1)N1CCNC(c2ccccc2)C1. The van der Waals surface area contributed by atoms with Crippen LogP contribution in [0.4, 0.5) is 5.69 Å². The second kappa shape index (κ2) is 6.65. The molecule has 2 N–H and O–H groups in total. The number of benzene rings is 1. The van der Waals surface area contributed by atoms with Crippen LogP contribution in [0.25, 0.3) is 0 Å². The van der Waals surface area contributed by atoms with Gasteiger partial charge in [0.1, 0.15) is 0 Å². The van der Waals surface area contributed by atoms with Crippen LogP contribution >= 0.6 is 12.2 Å². The van der Waals surface area contributed by atoms with Gasteiger partial charge < -0.3 is 15.5 Å². The van der Waals surface area contributed by atoms with Crippen LogP contribution < -0.4 is 10.6 Å². The zero-order valence-electron chi connectivity index (χ0n) is 11.7. The second-order valence-electron chi connectivity index (χ2n) is 5.04. The molecule has 1 aliphatic heterocycles. The van der Waals surface area contributed by atoms with E-state index in [0.717, 1.165) is 30.4 Å². The fraction of sp³-hybridized carbons (Fsp3) is 0.250. The first-order valence-electron chi connectivity index (χ1n) is 7.07. The maximum absolute atomic E-state index is 5.52. The van der Waals surface area contributed by atoms with Crippen LogP contribution in [0.15, 0.2) is 54.9 Å². The minimum atomic E-state index is 0.314. The number of aromatic nitrogens is 1. The Balaban J connectivity index is 1.64. The number of piperazine rings is 1. The van der Waals surface area contributed by atoms with Gasteiger partial charge in [-0.05, 0) is 29.9 Å². The van der Waals surface area contributed by atoms with Gasteiger partial charge in [0.25, 0.3) is 0 Å². The molecule has 0 bridgehead atoms. The molecule has 1 aromatic heterocycles. The van der Waals surface area contributed by atoms with Crippen molar-refractivity contribution in [3.05, 3.63) is 60.4 Å². The van der Waals surface area contributed by atoms with Gasteiger partial charge in [-0.1, -0.05) is 30.3 Å². The highest BCUT2D eigenvalue weighted by molar-refractivity contribution is 7.80. The van der Waals surface area contributed by atoms with E-state index in [0.29, 0.717) is 6.04 Å². The summed E-state index contributed by atoms with van der Waals surface area (Å²) in [5, 5.41) is 7.55. The minimum absolute atomic E-state index is 0.314. The van der Waals surface area contributed by atoms with Gasteiger partial charge in [-0.25, -0.2) is 0 Å². The number of hydrogen-bond acceptors (Lipinski definition) is 3. The molecule has 0 spiro atoms. The molecule has 1 fully saturated rings. The second-order valence-corrected chi connectivity index (χ2v) is 5.42. The molecule has 21 heavy (non-hydrogen) atoms. The smallest absolute Gasteiger partial charge is 0.173 e. The summed E-state index contributed by atoms with van der Waals surface area (Å²) in [5.41, 5.74) is 2.23. The third-order valence-corrected chi connectivity index (χ3v) is 3.94. The lowest BCUT2D eigenvalue weighted by Crippen LogP contribution is -2.49. The molecule has 1 aromatic carbocycles. The van der Waals surface area contributed by atoms with E-state index in [1.165, 1.54) is 5.56 Å². The van der Waals surface area contributed by atoms with Crippen molar-refractivity contribution in [3.8, 4) is 0 Å². The molecule has 1 saturated heterocycles. The number of thiocarbonyl (C=S) groups is 1. The van der Waals surface area contributed by atoms with Gasteiger partial charge in [-0.3, -0.25) is 4.98 Å². The quantitative estimate of drug-likeness (QED) is 0.833. The Kier molecular flexibility index (Phi) is 4.43. The first kappa shape index (κ1) is 14.0. The number of nitrogens with one attached hydrogen (secondary N) is 2. The molecule has 2 aromatic rings. The third kappa shape index (κ3) is 3.56. The van der Waals surface area contributed by atoms with E-state index >= 15 is 0 Å². The normalized spacial score (nSPS) is 18.3. The van der Waals surface area contributed by atoms with Gasteiger partial charge >= 0.3 is 0 Å². The zero-order chi connectivity index (χ0) is 14.5. The molecule has 0 aliphatic carbocycles. The van der Waals surface area contributed by atoms with Crippen molar-refractivity contribution in [3.63, 3.8) is 0 Å². The van der Waals surface area contributed by atoms with E-state index in [4.69, 9.17) is 12.2 Å². The molecule has 2 heterocycles. The van der Waals surface area contributed by atoms with Crippen LogP contribution in [0.1, 0.15) is 11.6 Å². The molecule has 0 amide bonds. The number of rotatable bonds is 2. The first-order valence-corrected chi connectivity index (χ1v) is 7.48. The van der Waals surface area contributed by atoms with Crippen LogP contribution in [-0.2, 0) is 0 Å². The highest BCUT2D eigenvalue weighted by Crippen LogP contribution is 2.17. The van der Waals surface area contributed by atoms with E-state index in [-0.39, 0.29) is 0 Å². The van der Waals surface area contributed by atoms with Crippen LogP contribution in [-0.4, -0.2) is 34.6 Å². The summed E-state index contributed by atoms with van der Waals surface area (Å²) in [5.74, 6) is 0. The van der Waals surface area contributed by atoms with Crippen molar-refractivity contribution in [1.29, 1.82) is 0 Å². The van der Waals surface area contributed by atoms with Gasteiger partial charge in [0.05, 0.1) is 11.9 Å². The van der Waals surface area contributed by atoms with Crippen molar-refractivity contribution < 1.29 is 0 Å². The van der Waals surface area contributed by atoms with Gasteiger partial charge in [-0.2, -0.15) is 0 Å². The maximum Gasteiger partial charge on any atom is 0.173 e. The average Bonchev–Trinajstić information content (AvgIpc) is 2.57. The lowest BCUT2D eigenvalue weighted by Gasteiger charge is -2.35. The number of anilines is 1. The molecular weight excluding hydrogens is 280 g/mol. The third-order valence-electron chi connectivity index (χ3n) is 3.58. The Morgan fingerprint density at radius 1 is 1.24 bits per heavy atom. The molecule has 1 atom stereocenters. The Labute approximate surface area is 130 Å². The largest absolute Gasteiger partial charge is 0.346 e. The van der Waals surface area contributed by atoms with E-state index < -0.39 is 0 Å². The summed E-state index contributed by atoms with van der Waals surface area (Å²) in [6, 6.07) is 14.7. The molecule has 1 unspecified atom stereocenters. The molecule has 5 heteroatoms. The predicted octanol–water partition coefficient (Wildman–Crippen LogP) is 2.42. The summed E-state index contributed by atoms with van der Waals surface area (Å²) >= 11 is 5.52. The van der Waals surface area contributed by atoms with Gasteiger partial charge in [-0.15, -0.1) is 0 Å². The number of nitrogens with zero attached hydrogens (tertiary/aromatic N) is 2. The summed E-state index contributed by atoms with van der Waals surface area (Å²) < 4.78 is 0. The Hall–Kier alpha value is -1.98. The molecule has 1 aliphatic rings. The molecule has 0 radical (unpaired) electrons.